The molecule has 0 saturated carbocycles. The largest absolute Gasteiger partial charge is 0.489 e. The van der Waals surface area contributed by atoms with Gasteiger partial charge in [-0.3, -0.25) is 0 Å². The van der Waals surface area contributed by atoms with E-state index in [9.17, 15) is 9.18 Å². The van der Waals surface area contributed by atoms with Crippen molar-refractivity contribution in [3.05, 3.63) is 17.9 Å². The van der Waals surface area contributed by atoms with Gasteiger partial charge >= 0.3 is 6.03 Å². The molecule has 1 aliphatic heterocycles. The summed E-state index contributed by atoms with van der Waals surface area (Å²) < 4.78 is 18.6. The van der Waals surface area contributed by atoms with Crippen LogP contribution >= 0.6 is 0 Å². The highest BCUT2D eigenvalue weighted by Crippen LogP contribution is 2.32. The predicted octanol–water partition coefficient (Wildman–Crippen LogP) is 0.601. The van der Waals surface area contributed by atoms with Crippen molar-refractivity contribution in [1.82, 2.24) is 16.1 Å². The first-order valence-electron chi connectivity index (χ1n) is 6.46. The van der Waals surface area contributed by atoms with Crippen LogP contribution in [0.15, 0.2) is 12.1 Å². The van der Waals surface area contributed by atoms with Gasteiger partial charge in [-0.15, -0.1) is 11.1 Å². The molecule has 1 fully saturated rings. The highest BCUT2D eigenvalue weighted by molar-refractivity contribution is 5.94. The number of aliphatic hydroxyl groups is 1. The third kappa shape index (κ3) is 3.72. The van der Waals surface area contributed by atoms with Crippen LogP contribution < -0.4 is 26.5 Å². The van der Waals surface area contributed by atoms with Gasteiger partial charge in [-0.05, 0) is 6.07 Å². The summed E-state index contributed by atoms with van der Waals surface area (Å²) in [6, 6.07) is 1.92. The minimum absolute atomic E-state index is 0.0261. The van der Waals surface area contributed by atoms with Crippen LogP contribution in [0.4, 0.5) is 20.6 Å². The number of benzene rings is 1. The first kappa shape index (κ1) is 17.0. The van der Waals surface area contributed by atoms with Crippen molar-refractivity contribution in [2.75, 3.05) is 31.0 Å². The van der Waals surface area contributed by atoms with Crippen LogP contribution in [0, 0.1) is 5.82 Å². The maximum atomic E-state index is 13.4. The number of nitrogens with two attached hydrogens (primary N) is 1. The quantitative estimate of drug-likeness (QED) is 0.607. The molecule has 0 spiro atoms. The van der Waals surface area contributed by atoms with Crippen molar-refractivity contribution in [2.24, 2.45) is 0 Å². The minimum Gasteiger partial charge on any atom is -0.489 e. The van der Waals surface area contributed by atoms with Crippen LogP contribution in [0.3, 0.4) is 0 Å². The Morgan fingerprint density at radius 2 is 2.05 bits per heavy atom. The number of aliphatic hydroxyl groups excluding tert-OH is 1. The van der Waals surface area contributed by atoms with Crippen LogP contribution in [0.2, 0.25) is 0 Å². The van der Waals surface area contributed by atoms with Crippen LogP contribution in [0.5, 0.6) is 5.75 Å². The molecular formula is C12H20FN5O3. The predicted molar refractivity (Wildman–Crippen MR) is 76.7 cm³/mol. The van der Waals surface area contributed by atoms with Crippen LogP contribution in [-0.4, -0.2) is 36.4 Å². The number of nitrogens with zero attached hydrogens (tertiary/aromatic N) is 2. The lowest BCUT2D eigenvalue weighted by atomic mass is 10.2. The molecule has 0 atom stereocenters. The minimum atomic E-state index is -0.662. The fourth-order valence-electron chi connectivity index (χ4n) is 1.54. The zero-order valence-corrected chi connectivity index (χ0v) is 12.2. The molecule has 0 aromatic heterocycles. The molecule has 9 heteroatoms. The third-order valence-electron chi connectivity index (χ3n) is 2.48. The fourth-order valence-corrected chi connectivity index (χ4v) is 1.54. The number of ether oxygens (including phenoxy) is 1. The summed E-state index contributed by atoms with van der Waals surface area (Å²) in [7, 11) is 1.51. The van der Waals surface area contributed by atoms with E-state index in [2.05, 4.69) is 11.1 Å². The average Bonchev–Trinajstić information content (AvgIpc) is 2.82. The lowest BCUT2D eigenvalue weighted by molar-refractivity contribution is 0.201. The maximum Gasteiger partial charge on any atom is 0.355 e. The Balaban J connectivity index is 0.00000106. The van der Waals surface area contributed by atoms with Crippen molar-refractivity contribution < 1.29 is 19.0 Å². The summed E-state index contributed by atoms with van der Waals surface area (Å²) in [5.41, 5.74) is 10.7. The van der Waals surface area contributed by atoms with E-state index in [1.807, 2.05) is 13.8 Å². The van der Waals surface area contributed by atoms with Gasteiger partial charge in [-0.25, -0.2) is 19.2 Å². The Hall–Kier alpha value is -2.10. The molecule has 1 aromatic rings. The second-order valence-electron chi connectivity index (χ2n) is 3.81. The summed E-state index contributed by atoms with van der Waals surface area (Å²) in [5.74, 6) is -0.566. The van der Waals surface area contributed by atoms with Crippen LogP contribution in [0.1, 0.15) is 13.8 Å². The van der Waals surface area contributed by atoms with Crippen LogP contribution in [-0.2, 0) is 0 Å². The first-order chi connectivity index (χ1) is 10.0. The zero-order valence-electron chi connectivity index (χ0n) is 12.2. The lowest BCUT2D eigenvalue weighted by Gasteiger charge is -2.18. The van der Waals surface area contributed by atoms with Gasteiger partial charge in [0.15, 0.2) is 0 Å². The molecule has 2 rings (SSSR count). The van der Waals surface area contributed by atoms with Crippen molar-refractivity contribution in [3.8, 4) is 5.75 Å². The molecule has 1 aliphatic rings. The van der Waals surface area contributed by atoms with E-state index in [-0.39, 0.29) is 30.3 Å². The first-order valence-corrected chi connectivity index (χ1v) is 6.46. The van der Waals surface area contributed by atoms with Crippen molar-refractivity contribution in [2.45, 2.75) is 13.8 Å². The molecule has 0 bridgehead atoms. The zero-order chi connectivity index (χ0) is 16.0. The smallest absolute Gasteiger partial charge is 0.355 e. The molecule has 0 unspecified atom stereocenters. The molecule has 0 radical (unpaired) electrons. The molecule has 8 nitrogen and oxygen atoms in total. The number of carbonyl (C=O) groups excluding carboxylic acids is 1. The molecule has 0 aliphatic carbocycles. The summed E-state index contributed by atoms with van der Waals surface area (Å²) >= 11 is 0. The highest BCUT2D eigenvalue weighted by Gasteiger charge is 2.29. The summed E-state index contributed by atoms with van der Waals surface area (Å²) in [5, 5.41) is 11.0. The van der Waals surface area contributed by atoms with E-state index in [0.29, 0.717) is 0 Å². The van der Waals surface area contributed by atoms with Crippen LogP contribution in [0.25, 0.3) is 0 Å². The Labute approximate surface area is 122 Å². The van der Waals surface area contributed by atoms with Gasteiger partial charge in [0.05, 0.1) is 12.3 Å². The Morgan fingerprint density at radius 1 is 1.38 bits per heavy atom. The fraction of sp³-hybridized carbons (Fsp3) is 0.417. The molecule has 1 saturated heterocycles. The van der Waals surface area contributed by atoms with Gasteiger partial charge in [0.25, 0.3) is 0 Å². The molecule has 118 valence electrons. The number of hydrazine groups is 3. The second kappa shape index (κ2) is 7.62. The summed E-state index contributed by atoms with van der Waals surface area (Å²) in [4.78, 5) is 11.8. The number of nitrogen functional groups attached to an aromatic ring is 1. The Bertz CT molecular complexity index is 500. The van der Waals surface area contributed by atoms with E-state index in [1.54, 1.807) is 0 Å². The van der Waals surface area contributed by atoms with E-state index in [4.69, 9.17) is 15.6 Å². The summed E-state index contributed by atoms with van der Waals surface area (Å²) in [6.45, 7) is 3.74. The van der Waals surface area contributed by atoms with E-state index >= 15 is 0 Å². The number of urea groups is 1. The molecule has 1 aromatic carbocycles. The van der Waals surface area contributed by atoms with Gasteiger partial charge in [-0.1, -0.05) is 13.8 Å². The second-order valence-corrected chi connectivity index (χ2v) is 3.81. The van der Waals surface area contributed by atoms with E-state index in [0.717, 1.165) is 11.1 Å². The molecule has 5 N–H and O–H groups in total. The number of rotatable bonds is 4. The topological polar surface area (TPSA) is 103 Å². The number of amides is 2. The van der Waals surface area contributed by atoms with Gasteiger partial charge in [-0.2, -0.15) is 0 Å². The van der Waals surface area contributed by atoms with Gasteiger partial charge < -0.3 is 15.6 Å². The van der Waals surface area contributed by atoms with Crippen molar-refractivity contribution in [3.63, 3.8) is 0 Å². The monoisotopic (exact) mass is 301 g/mol. The number of nitrogens with one attached hydrogen (secondary N) is 2. The van der Waals surface area contributed by atoms with Crippen molar-refractivity contribution in [1.29, 1.82) is 0 Å². The molecule has 21 heavy (non-hydrogen) atoms. The molecule has 2 amide bonds. The number of carbonyl (C=O) groups is 1. The molecule has 1 heterocycles. The number of anilines is 2. The van der Waals surface area contributed by atoms with Gasteiger partial charge in [0.2, 0.25) is 0 Å². The third-order valence-corrected chi connectivity index (χ3v) is 2.48. The normalized spacial score (nSPS) is 14.0. The summed E-state index contributed by atoms with van der Waals surface area (Å²) in [6.07, 6.45) is 0. The van der Waals surface area contributed by atoms with E-state index in [1.165, 1.54) is 18.1 Å². The maximum absolute atomic E-state index is 13.4. The number of hydrogen-bond acceptors (Lipinski definition) is 6. The Kier molecular flexibility index (Phi) is 6.15. The highest BCUT2D eigenvalue weighted by atomic mass is 19.1. The van der Waals surface area contributed by atoms with Gasteiger partial charge in [0.1, 0.15) is 23.9 Å². The van der Waals surface area contributed by atoms with E-state index < -0.39 is 11.8 Å². The lowest BCUT2D eigenvalue weighted by Crippen LogP contribution is -2.38. The van der Waals surface area contributed by atoms with Gasteiger partial charge in [0, 0.05) is 13.1 Å². The van der Waals surface area contributed by atoms with Crippen molar-refractivity contribution >= 4 is 17.4 Å². The SMILES string of the molecule is CC.CN1NNN(c2cc(N)c(F)cc2OCCO)C1=O. The standard InChI is InChI=1S/C10H14FN5O3.C2H6/c1-15-10(18)16(14-13-15)8-5-7(12)6(11)4-9(8)19-3-2-17;1-2/h4-5,13-14,17H,2-3,12H2,1H3;1-2H3. The average molecular weight is 301 g/mol. The number of halogens is 1. The number of hydrogen-bond donors (Lipinski definition) is 4. The Morgan fingerprint density at radius 3 is 2.57 bits per heavy atom. The molecular weight excluding hydrogens is 281 g/mol.